The first-order valence-electron chi connectivity index (χ1n) is 8.66. The summed E-state index contributed by atoms with van der Waals surface area (Å²) >= 11 is 0. The molecule has 0 radical (unpaired) electrons. The van der Waals surface area contributed by atoms with Crippen LogP contribution in [0.4, 0.5) is 5.69 Å². The van der Waals surface area contributed by atoms with E-state index in [1.165, 1.54) is 38.2 Å². The van der Waals surface area contributed by atoms with Crippen LogP contribution in [0.25, 0.3) is 0 Å². The van der Waals surface area contributed by atoms with Crippen molar-refractivity contribution in [1.29, 1.82) is 0 Å². The Hall–Kier alpha value is -2.58. The Bertz CT molecular complexity index is 920. The molecule has 3 rings (SSSR count). The maximum Gasteiger partial charge on any atom is 0.255 e. The molecule has 0 bridgehead atoms. The smallest absolute Gasteiger partial charge is 0.255 e. The molecule has 1 fully saturated rings. The van der Waals surface area contributed by atoms with Crippen LogP contribution in [0.15, 0.2) is 47.4 Å². The fraction of sp³-hybridized carbons (Fsp3) is 0.316. The highest BCUT2D eigenvalue weighted by molar-refractivity contribution is 7.89. The zero-order chi connectivity index (χ0) is 19.4. The molecule has 27 heavy (non-hydrogen) atoms. The highest BCUT2D eigenvalue weighted by atomic mass is 32.2. The van der Waals surface area contributed by atoms with E-state index in [0.29, 0.717) is 11.3 Å². The number of amides is 1. The minimum Gasteiger partial charge on any atom is -0.495 e. The van der Waals surface area contributed by atoms with E-state index >= 15 is 0 Å². The van der Waals surface area contributed by atoms with E-state index in [2.05, 4.69) is 5.32 Å². The van der Waals surface area contributed by atoms with E-state index in [4.69, 9.17) is 14.6 Å². The molecule has 2 aromatic carbocycles. The van der Waals surface area contributed by atoms with Gasteiger partial charge in [-0.1, -0.05) is 0 Å². The highest BCUT2D eigenvalue weighted by Crippen LogP contribution is 2.28. The Morgan fingerprint density at radius 3 is 2.37 bits per heavy atom. The van der Waals surface area contributed by atoms with Crippen molar-refractivity contribution in [1.82, 2.24) is 0 Å². The number of ether oxygens (including phenoxy) is 2. The first kappa shape index (κ1) is 19.2. The Morgan fingerprint density at radius 2 is 1.78 bits per heavy atom. The van der Waals surface area contributed by atoms with Crippen LogP contribution in [0.2, 0.25) is 0 Å². The molecule has 8 heteroatoms. The lowest BCUT2D eigenvalue weighted by Crippen LogP contribution is -2.16. The van der Waals surface area contributed by atoms with E-state index in [1.807, 2.05) is 0 Å². The minimum atomic E-state index is -3.89. The molecule has 0 saturated heterocycles. The summed E-state index contributed by atoms with van der Waals surface area (Å²) in [5, 5.41) is 7.81. The number of primary sulfonamides is 1. The van der Waals surface area contributed by atoms with Crippen molar-refractivity contribution in [2.45, 2.75) is 36.7 Å². The highest BCUT2D eigenvalue weighted by Gasteiger charge is 2.17. The van der Waals surface area contributed by atoms with E-state index in [1.54, 1.807) is 24.3 Å². The lowest BCUT2D eigenvalue weighted by atomic mass is 10.2. The van der Waals surface area contributed by atoms with Gasteiger partial charge in [-0.3, -0.25) is 4.79 Å². The van der Waals surface area contributed by atoms with E-state index in [0.717, 1.165) is 18.6 Å². The second-order valence-electron chi connectivity index (χ2n) is 6.41. The van der Waals surface area contributed by atoms with Crippen molar-refractivity contribution in [3.63, 3.8) is 0 Å². The molecule has 0 unspecified atom stereocenters. The van der Waals surface area contributed by atoms with Crippen LogP contribution >= 0.6 is 0 Å². The fourth-order valence-corrected chi connectivity index (χ4v) is 3.58. The summed E-state index contributed by atoms with van der Waals surface area (Å²) in [5.74, 6) is 0.663. The van der Waals surface area contributed by atoms with Crippen molar-refractivity contribution >= 4 is 21.6 Å². The van der Waals surface area contributed by atoms with Crippen LogP contribution < -0.4 is 19.9 Å². The number of methoxy groups -OCH3 is 1. The topological polar surface area (TPSA) is 108 Å². The van der Waals surface area contributed by atoms with E-state index < -0.39 is 15.9 Å². The summed E-state index contributed by atoms with van der Waals surface area (Å²) in [6, 6.07) is 10.9. The summed E-state index contributed by atoms with van der Waals surface area (Å²) in [7, 11) is -2.46. The van der Waals surface area contributed by atoms with Crippen molar-refractivity contribution in [2.24, 2.45) is 5.14 Å². The van der Waals surface area contributed by atoms with Gasteiger partial charge in [0, 0.05) is 5.56 Å². The largest absolute Gasteiger partial charge is 0.495 e. The molecular formula is C19H22N2O5S. The van der Waals surface area contributed by atoms with Crippen LogP contribution in [0, 0.1) is 0 Å². The predicted molar refractivity (Wildman–Crippen MR) is 102 cm³/mol. The summed E-state index contributed by atoms with van der Waals surface area (Å²) in [6.07, 6.45) is 4.73. The Morgan fingerprint density at radius 1 is 1.11 bits per heavy atom. The van der Waals surface area contributed by atoms with Gasteiger partial charge in [0.05, 0.1) is 23.8 Å². The summed E-state index contributed by atoms with van der Waals surface area (Å²) < 4.78 is 34.1. The van der Waals surface area contributed by atoms with Crippen LogP contribution in [0.5, 0.6) is 11.5 Å². The number of hydrogen-bond acceptors (Lipinski definition) is 5. The monoisotopic (exact) mass is 390 g/mol. The van der Waals surface area contributed by atoms with E-state index in [9.17, 15) is 13.2 Å². The normalized spacial score (nSPS) is 14.7. The molecule has 3 N–H and O–H groups in total. The van der Waals surface area contributed by atoms with Gasteiger partial charge in [0.25, 0.3) is 5.91 Å². The minimum absolute atomic E-state index is 0.112. The Kier molecular flexibility index (Phi) is 5.67. The van der Waals surface area contributed by atoms with Gasteiger partial charge in [0.2, 0.25) is 10.0 Å². The predicted octanol–water partition coefficient (Wildman–Crippen LogP) is 2.92. The number of hydrogen-bond donors (Lipinski definition) is 2. The summed E-state index contributed by atoms with van der Waals surface area (Å²) in [5.41, 5.74) is 0.636. The standard InChI is InChI=1S/C19H22N2O5S/c1-25-18-11-10-16(27(20,23)24)12-17(18)21-19(22)13-6-8-15(9-7-13)26-14-4-2-3-5-14/h6-12,14H,2-5H2,1H3,(H,21,22)(H2,20,23,24). The molecule has 144 valence electrons. The number of anilines is 1. The van der Waals surface area contributed by atoms with Crippen LogP contribution in [0.3, 0.4) is 0 Å². The molecule has 0 aromatic heterocycles. The zero-order valence-electron chi connectivity index (χ0n) is 15.0. The average Bonchev–Trinajstić information content (AvgIpc) is 3.14. The lowest BCUT2D eigenvalue weighted by Gasteiger charge is -2.14. The molecule has 0 aliphatic heterocycles. The quantitative estimate of drug-likeness (QED) is 0.788. The summed E-state index contributed by atoms with van der Waals surface area (Å²) in [4.78, 5) is 12.4. The second-order valence-corrected chi connectivity index (χ2v) is 7.97. The van der Waals surface area contributed by atoms with Gasteiger partial charge in [0.1, 0.15) is 11.5 Å². The first-order valence-corrected chi connectivity index (χ1v) is 10.2. The number of sulfonamides is 1. The van der Waals surface area contributed by atoms with Gasteiger partial charge in [-0.05, 0) is 68.1 Å². The van der Waals surface area contributed by atoms with Gasteiger partial charge in [-0.25, -0.2) is 13.6 Å². The van der Waals surface area contributed by atoms with Gasteiger partial charge < -0.3 is 14.8 Å². The van der Waals surface area contributed by atoms with Crippen LogP contribution in [0.1, 0.15) is 36.0 Å². The SMILES string of the molecule is COc1ccc(S(N)(=O)=O)cc1NC(=O)c1ccc(OC2CCCC2)cc1. The number of nitrogens with one attached hydrogen (secondary N) is 1. The second kappa shape index (κ2) is 7.98. The average molecular weight is 390 g/mol. The van der Waals surface area contributed by atoms with Gasteiger partial charge in [-0.2, -0.15) is 0 Å². The molecular weight excluding hydrogens is 368 g/mol. The van der Waals surface area contributed by atoms with Gasteiger partial charge in [0.15, 0.2) is 0 Å². The number of carbonyl (C=O) groups is 1. The molecule has 2 aromatic rings. The van der Waals surface area contributed by atoms with Crippen molar-refractivity contribution in [2.75, 3.05) is 12.4 Å². The maximum absolute atomic E-state index is 12.5. The number of nitrogens with two attached hydrogens (primary N) is 1. The maximum atomic E-state index is 12.5. The summed E-state index contributed by atoms with van der Waals surface area (Å²) in [6.45, 7) is 0. The Labute approximate surface area is 158 Å². The molecule has 0 heterocycles. The Balaban J connectivity index is 1.74. The zero-order valence-corrected chi connectivity index (χ0v) is 15.8. The molecule has 1 amide bonds. The third-order valence-electron chi connectivity index (χ3n) is 4.47. The number of benzene rings is 2. The first-order chi connectivity index (χ1) is 12.9. The van der Waals surface area contributed by atoms with Crippen molar-refractivity contribution < 1.29 is 22.7 Å². The van der Waals surface area contributed by atoms with Crippen LogP contribution in [-0.2, 0) is 10.0 Å². The molecule has 0 atom stereocenters. The molecule has 7 nitrogen and oxygen atoms in total. The third kappa shape index (κ3) is 4.78. The molecule has 1 saturated carbocycles. The van der Waals surface area contributed by atoms with Crippen molar-refractivity contribution in [3.8, 4) is 11.5 Å². The van der Waals surface area contributed by atoms with Crippen molar-refractivity contribution in [3.05, 3.63) is 48.0 Å². The number of carbonyl (C=O) groups excluding carboxylic acids is 1. The lowest BCUT2D eigenvalue weighted by molar-refractivity contribution is 0.102. The fourth-order valence-electron chi connectivity index (χ4n) is 3.04. The molecule has 1 aliphatic rings. The van der Waals surface area contributed by atoms with Crippen LogP contribution in [-0.4, -0.2) is 27.5 Å². The third-order valence-corrected chi connectivity index (χ3v) is 5.38. The van der Waals surface area contributed by atoms with Gasteiger partial charge >= 0.3 is 0 Å². The van der Waals surface area contributed by atoms with E-state index in [-0.39, 0.29) is 16.7 Å². The van der Waals surface area contributed by atoms with Gasteiger partial charge in [-0.15, -0.1) is 0 Å². The molecule has 0 spiro atoms. The number of rotatable bonds is 6. The molecule has 1 aliphatic carbocycles.